The minimum absolute atomic E-state index is 0.709. The van der Waals surface area contributed by atoms with Gasteiger partial charge in [-0.2, -0.15) is 0 Å². The van der Waals surface area contributed by atoms with Crippen LogP contribution in [0.25, 0.3) is 15.8 Å². The fourth-order valence-electron chi connectivity index (χ4n) is 4.14. The van der Waals surface area contributed by atoms with Crippen LogP contribution in [0.1, 0.15) is 24.3 Å². The first kappa shape index (κ1) is 15.6. The Morgan fingerprint density at radius 2 is 2.09 bits per heavy atom. The highest BCUT2D eigenvalue weighted by atomic mass is 79.9. The van der Waals surface area contributed by atoms with Crippen molar-refractivity contribution in [2.45, 2.75) is 19.3 Å². The van der Waals surface area contributed by atoms with E-state index in [4.69, 9.17) is 9.72 Å². The van der Waals surface area contributed by atoms with Gasteiger partial charge in [0.05, 0.1) is 11.8 Å². The van der Waals surface area contributed by atoms with Crippen LogP contribution < -0.4 is 4.74 Å². The molecule has 2 aliphatic carbocycles. The van der Waals surface area contributed by atoms with Crippen molar-refractivity contribution in [1.82, 2.24) is 9.88 Å². The number of likely N-dealkylation sites (N-methyl/N-ethyl adjacent to an activating group) is 1. The highest BCUT2D eigenvalue weighted by molar-refractivity contribution is 9.10. The molecule has 2 aliphatic rings. The summed E-state index contributed by atoms with van der Waals surface area (Å²) in [6.07, 6.45) is 4.01. The summed E-state index contributed by atoms with van der Waals surface area (Å²) in [4.78, 5) is 7.28. The van der Waals surface area contributed by atoms with Gasteiger partial charge in [0.1, 0.15) is 16.3 Å². The van der Waals surface area contributed by atoms with Crippen molar-refractivity contribution in [1.29, 1.82) is 0 Å². The van der Waals surface area contributed by atoms with E-state index in [1.165, 1.54) is 34.5 Å². The topological polar surface area (TPSA) is 25.4 Å². The van der Waals surface area contributed by atoms with Crippen LogP contribution >= 0.6 is 27.3 Å². The number of hydrogen-bond donors (Lipinski definition) is 0. The van der Waals surface area contributed by atoms with Crippen molar-refractivity contribution >= 4 is 43.1 Å². The number of ether oxygens (including phenoxy) is 1. The molecule has 1 aromatic heterocycles. The Morgan fingerprint density at radius 1 is 1.30 bits per heavy atom. The molecule has 0 aliphatic heterocycles. The number of thiazole rings is 1. The molecule has 122 valence electrons. The zero-order valence-electron chi connectivity index (χ0n) is 13.7. The van der Waals surface area contributed by atoms with Gasteiger partial charge in [0.2, 0.25) is 0 Å². The molecule has 0 radical (unpaired) electrons. The van der Waals surface area contributed by atoms with Gasteiger partial charge in [-0.15, -0.1) is 11.3 Å². The first-order valence-electron chi connectivity index (χ1n) is 8.09. The van der Waals surface area contributed by atoms with Crippen LogP contribution in [0, 0.1) is 11.8 Å². The maximum atomic E-state index is 5.51. The molecule has 1 aromatic carbocycles. The summed E-state index contributed by atoms with van der Waals surface area (Å²) in [5.41, 5.74) is 4.15. The third-order valence-electron chi connectivity index (χ3n) is 5.08. The van der Waals surface area contributed by atoms with Gasteiger partial charge in [0, 0.05) is 11.0 Å². The molecule has 0 N–H and O–H groups in total. The van der Waals surface area contributed by atoms with Gasteiger partial charge in [-0.3, -0.25) is 0 Å². The van der Waals surface area contributed by atoms with Crippen molar-refractivity contribution in [2.24, 2.45) is 11.8 Å². The fraction of sp³-hybridized carbons (Fsp3) is 0.500. The van der Waals surface area contributed by atoms with E-state index in [0.717, 1.165) is 28.2 Å². The average molecular weight is 393 g/mol. The van der Waals surface area contributed by atoms with Gasteiger partial charge in [0.25, 0.3) is 0 Å². The van der Waals surface area contributed by atoms with E-state index < -0.39 is 0 Å². The number of halogens is 1. The number of hydrogen-bond acceptors (Lipinski definition) is 4. The molecule has 2 bridgehead atoms. The van der Waals surface area contributed by atoms with Crippen molar-refractivity contribution in [3.63, 3.8) is 0 Å². The monoisotopic (exact) mass is 392 g/mol. The van der Waals surface area contributed by atoms with Gasteiger partial charge in [-0.1, -0.05) is 0 Å². The number of benzene rings is 1. The van der Waals surface area contributed by atoms with Gasteiger partial charge in [-0.05, 0) is 84.4 Å². The lowest BCUT2D eigenvalue weighted by Gasteiger charge is -2.21. The summed E-state index contributed by atoms with van der Waals surface area (Å²) >= 11 is 5.48. The number of aromatic nitrogens is 1. The third-order valence-corrected chi connectivity index (χ3v) is 7.12. The van der Waals surface area contributed by atoms with E-state index in [1.807, 2.05) is 6.07 Å². The molecule has 23 heavy (non-hydrogen) atoms. The zero-order chi connectivity index (χ0) is 16.1. The van der Waals surface area contributed by atoms with Gasteiger partial charge < -0.3 is 9.64 Å². The van der Waals surface area contributed by atoms with Crippen LogP contribution in [0.5, 0.6) is 5.75 Å². The quantitative estimate of drug-likeness (QED) is 0.745. The minimum atomic E-state index is 0.709. The molecule has 2 aromatic rings. The molecule has 1 saturated carbocycles. The average Bonchev–Trinajstić information content (AvgIpc) is 3.20. The number of fused-ring (bicyclic) bond motifs is 3. The summed E-state index contributed by atoms with van der Waals surface area (Å²) in [5, 5.41) is 1.20. The SMILES string of the molecule is COc1ccc(Br)c2sc(C3=C(CN(C)C)C4CCC3C4)nc12. The molecule has 0 amide bonds. The maximum absolute atomic E-state index is 5.51. The Bertz CT molecular complexity index is 796. The molecule has 5 heteroatoms. The van der Waals surface area contributed by atoms with E-state index in [-0.39, 0.29) is 0 Å². The maximum Gasteiger partial charge on any atom is 0.146 e. The van der Waals surface area contributed by atoms with Gasteiger partial charge >= 0.3 is 0 Å². The van der Waals surface area contributed by atoms with Crippen molar-refractivity contribution in [3.05, 3.63) is 27.2 Å². The van der Waals surface area contributed by atoms with Crippen molar-refractivity contribution in [3.8, 4) is 5.75 Å². The zero-order valence-corrected chi connectivity index (χ0v) is 16.1. The van der Waals surface area contributed by atoms with Crippen molar-refractivity contribution < 1.29 is 4.74 Å². The van der Waals surface area contributed by atoms with Crippen LogP contribution in [0.15, 0.2) is 22.2 Å². The molecule has 0 saturated heterocycles. The Hall–Kier alpha value is -0.910. The van der Waals surface area contributed by atoms with Gasteiger partial charge in [0.15, 0.2) is 0 Å². The second kappa shape index (κ2) is 5.87. The summed E-state index contributed by atoms with van der Waals surface area (Å²) < 4.78 is 7.81. The second-order valence-corrected chi connectivity index (χ2v) is 8.68. The Kier molecular flexibility index (Phi) is 3.98. The molecular weight excluding hydrogens is 372 g/mol. The second-order valence-electron chi connectivity index (χ2n) is 6.83. The standard InChI is InChI=1S/C18H21BrN2OS/c1-21(2)9-12-10-4-5-11(8-10)15(12)18-20-16-14(22-3)7-6-13(19)17(16)23-18/h6-7,10-11H,4-5,8-9H2,1-3H3. The number of methoxy groups -OCH3 is 1. The van der Waals surface area contributed by atoms with Crippen LogP contribution in [0.2, 0.25) is 0 Å². The lowest BCUT2D eigenvalue weighted by Crippen LogP contribution is -2.19. The lowest BCUT2D eigenvalue weighted by molar-refractivity contribution is 0.419. The third kappa shape index (κ3) is 2.53. The molecule has 4 rings (SSSR count). The summed E-state index contributed by atoms with van der Waals surface area (Å²) in [6, 6.07) is 4.05. The van der Waals surface area contributed by atoms with E-state index in [2.05, 4.69) is 41.0 Å². The molecule has 0 spiro atoms. The molecule has 2 atom stereocenters. The van der Waals surface area contributed by atoms with Crippen LogP contribution in [0.3, 0.4) is 0 Å². The first-order chi connectivity index (χ1) is 11.1. The van der Waals surface area contributed by atoms with E-state index in [0.29, 0.717) is 5.92 Å². The lowest BCUT2D eigenvalue weighted by atomic mass is 9.92. The predicted octanol–water partition coefficient (Wildman–Crippen LogP) is 4.81. The van der Waals surface area contributed by atoms with Crippen LogP contribution in [-0.4, -0.2) is 37.6 Å². The molecule has 2 unspecified atom stereocenters. The smallest absolute Gasteiger partial charge is 0.146 e. The Morgan fingerprint density at radius 3 is 2.83 bits per heavy atom. The Balaban J connectivity index is 1.87. The molecule has 3 nitrogen and oxygen atoms in total. The number of nitrogens with zero attached hydrogens (tertiary/aromatic N) is 2. The van der Waals surface area contributed by atoms with E-state index in [1.54, 1.807) is 24.0 Å². The normalized spacial score (nSPS) is 23.5. The first-order valence-corrected chi connectivity index (χ1v) is 9.70. The molecule has 1 heterocycles. The van der Waals surface area contributed by atoms with Crippen LogP contribution in [-0.2, 0) is 0 Å². The largest absolute Gasteiger partial charge is 0.494 e. The number of rotatable bonds is 4. The number of allylic oxidation sites excluding steroid dienone is 1. The van der Waals surface area contributed by atoms with Crippen molar-refractivity contribution in [2.75, 3.05) is 27.7 Å². The molecular formula is C18H21BrN2OS. The summed E-state index contributed by atoms with van der Waals surface area (Å²) in [6.45, 7) is 1.06. The summed E-state index contributed by atoms with van der Waals surface area (Å²) in [7, 11) is 6.04. The predicted molar refractivity (Wildman–Crippen MR) is 100 cm³/mol. The highest BCUT2D eigenvalue weighted by Crippen LogP contribution is 2.54. The van der Waals surface area contributed by atoms with E-state index >= 15 is 0 Å². The minimum Gasteiger partial charge on any atom is -0.494 e. The fourth-order valence-corrected chi connectivity index (χ4v) is 5.85. The van der Waals surface area contributed by atoms with Gasteiger partial charge in [-0.25, -0.2) is 4.98 Å². The molecule has 1 fully saturated rings. The van der Waals surface area contributed by atoms with Crippen LogP contribution in [0.4, 0.5) is 0 Å². The summed E-state index contributed by atoms with van der Waals surface area (Å²) in [5.74, 6) is 2.35. The Labute approximate surface area is 149 Å². The van der Waals surface area contributed by atoms with E-state index in [9.17, 15) is 0 Å². The highest BCUT2D eigenvalue weighted by Gasteiger charge is 2.40.